The average molecular weight is 346 g/mol. The summed E-state index contributed by atoms with van der Waals surface area (Å²) in [6, 6.07) is 8.43. The summed E-state index contributed by atoms with van der Waals surface area (Å²) in [5.74, 6) is 0.843. The molecule has 138 valence electrons. The number of rotatable bonds is 11. The molecule has 0 fully saturated rings. The summed E-state index contributed by atoms with van der Waals surface area (Å²) < 4.78 is 10.4. The van der Waals surface area contributed by atoms with E-state index in [-0.39, 0.29) is 0 Å². The van der Waals surface area contributed by atoms with Crippen LogP contribution in [0, 0.1) is 0 Å². The first-order valence-electron chi connectivity index (χ1n) is 8.91. The molecule has 0 aliphatic heterocycles. The van der Waals surface area contributed by atoms with Gasteiger partial charge in [-0.05, 0) is 30.9 Å². The Balaban J connectivity index is 1.58. The SMILES string of the molecule is CN=C(NCCCOCCOC)NCCCc1c[nH]c2ccccc12. The van der Waals surface area contributed by atoms with Gasteiger partial charge in [-0.25, -0.2) is 0 Å². The fourth-order valence-electron chi connectivity index (χ4n) is 2.67. The highest BCUT2D eigenvalue weighted by Crippen LogP contribution is 2.18. The van der Waals surface area contributed by atoms with Crippen LogP contribution in [0.25, 0.3) is 10.9 Å². The van der Waals surface area contributed by atoms with Gasteiger partial charge in [0.2, 0.25) is 0 Å². The molecule has 2 aromatic rings. The van der Waals surface area contributed by atoms with Crippen LogP contribution in [0.2, 0.25) is 0 Å². The Morgan fingerprint density at radius 1 is 1.08 bits per heavy atom. The minimum absolute atomic E-state index is 0.646. The molecule has 0 aliphatic rings. The Morgan fingerprint density at radius 2 is 1.88 bits per heavy atom. The number of aromatic amines is 1. The molecule has 0 radical (unpaired) electrons. The molecule has 1 aromatic heterocycles. The molecule has 0 amide bonds. The van der Waals surface area contributed by atoms with Crippen molar-refractivity contribution in [3.05, 3.63) is 36.0 Å². The van der Waals surface area contributed by atoms with Gasteiger partial charge in [0, 0.05) is 51.0 Å². The number of para-hydroxylation sites is 1. The van der Waals surface area contributed by atoms with Crippen molar-refractivity contribution in [2.45, 2.75) is 19.3 Å². The number of hydrogen-bond acceptors (Lipinski definition) is 3. The van der Waals surface area contributed by atoms with Gasteiger partial charge < -0.3 is 25.1 Å². The van der Waals surface area contributed by atoms with Crippen LogP contribution in [0.4, 0.5) is 0 Å². The largest absolute Gasteiger partial charge is 0.382 e. The second kappa shape index (κ2) is 11.5. The molecule has 3 N–H and O–H groups in total. The van der Waals surface area contributed by atoms with Crippen molar-refractivity contribution < 1.29 is 9.47 Å². The molecular formula is C19H30N4O2. The van der Waals surface area contributed by atoms with E-state index in [1.54, 1.807) is 14.2 Å². The van der Waals surface area contributed by atoms with E-state index in [9.17, 15) is 0 Å². The number of H-pyrrole nitrogens is 1. The molecule has 6 heteroatoms. The lowest BCUT2D eigenvalue weighted by Gasteiger charge is -2.11. The van der Waals surface area contributed by atoms with E-state index in [2.05, 4.69) is 51.1 Å². The molecule has 1 heterocycles. The number of methoxy groups -OCH3 is 1. The summed E-state index contributed by atoms with van der Waals surface area (Å²) in [5, 5.41) is 7.98. The maximum atomic E-state index is 5.44. The maximum Gasteiger partial charge on any atom is 0.190 e. The van der Waals surface area contributed by atoms with Crippen LogP contribution in [0.3, 0.4) is 0 Å². The normalized spacial score (nSPS) is 11.8. The lowest BCUT2D eigenvalue weighted by Crippen LogP contribution is -2.38. The van der Waals surface area contributed by atoms with Crippen LogP contribution < -0.4 is 10.6 Å². The number of hydrogen-bond donors (Lipinski definition) is 3. The van der Waals surface area contributed by atoms with E-state index in [0.29, 0.717) is 13.2 Å². The van der Waals surface area contributed by atoms with E-state index >= 15 is 0 Å². The average Bonchev–Trinajstić information content (AvgIpc) is 3.06. The van der Waals surface area contributed by atoms with Crippen molar-refractivity contribution in [1.29, 1.82) is 0 Å². The molecule has 0 saturated heterocycles. The highest BCUT2D eigenvalue weighted by atomic mass is 16.5. The maximum absolute atomic E-state index is 5.44. The Morgan fingerprint density at radius 3 is 2.68 bits per heavy atom. The summed E-state index contributed by atoms with van der Waals surface area (Å²) in [4.78, 5) is 7.57. The quantitative estimate of drug-likeness (QED) is 0.332. The molecule has 0 spiro atoms. The Hall–Kier alpha value is -2.05. The number of fused-ring (bicyclic) bond motifs is 1. The minimum atomic E-state index is 0.646. The van der Waals surface area contributed by atoms with E-state index in [0.717, 1.165) is 44.9 Å². The number of aliphatic imine (C=N–C) groups is 1. The highest BCUT2D eigenvalue weighted by molar-refractivity contribution is 5.83. The molecular weight excluding hydrogens is 316 g/mol. The molecule has 0 saturated carbocycles. The van der Waals surface area contributed by atoms with Gasteiger partial charge in [0.15, 0.2) is 5.96 Å². The number of nitrogens with zero attached hydrogens (tertiary/aromatic N) is 1. The molecule has 6 nitrogen and oxygen atoms in total. The topological polar surface area (TPSA) is 70.7 Å². The summed E-state index contributed by atoms with van der Waals surface area (Å²) in [6.07, 6.45) is 5.16. The van der Waals surface area contributed by atoms with Gasteiger partial charge in [0.1, 0.15) is 0 Å². The third-order valence-corrected chi connectivity index (χ3v) is 4.00. The monoisotopic (exact) mass is 346 g/mol. The summed E-state index contributed by atoms with van der Waals surface area (Å²) in [6.45, 7) is 3.76. The standard InChI is InChI=1S/C19H30N4O2/c1-20-19(22-11-6-12-25-14-13-24-2)21-10-5-7-16-15-23-18-9-4-3-8-17(16)18/h3-4,8-9,15,23H,5-7,10-14H2,1-2H3,(H2,20,21,22). The van der Waals surface area contributed by atoms with Crippen LogP contribution in [-0.2, 0) is 15.9 Å². The number of aryl methyl sites for hydroxylation is 1. The zero-order valence-corrected chi connectivity index (χ0v) is 15.3. The van der Waals surface area contributed by atoms with Crippen LogP contribution in [0.5, 0.6) is 0 Å². The van der Waals surface area contributed by atoms with Crippen molar-refractivity contribution in [2.24, 2.45) is 4.99 Å². The first kappa shape index (κ1) is 19.3. The van der Waals surface area contributed by atoms with Gasteiger partial charge in [0.25, 0.3) is 0 Å². The lowest BCUT2D eigenvalue weighted by atomic mass is 10.1. The number of guanidine groups is 1. The van der Waals surface area contributed by atoms with Crippen molar-refractivity contribution in [2.75, 3.05) is 47.1 Å². The molecule has 2 rings (SSSR count). The predicted molar refractivity (Wildman–Crippen MR) is 103 cm³/mol. The molecule has 0 aliphatic carbocycles. The molecule has 0 atom stereocenters. The smallest absolute Gasteiger partial charge is 0.190 e. The fourth-order valence-corrected chi connectivity index (χ4v) is 2.67. The van der Waals surface area contributed by atoms with Gasteiger partial charge in [-0.2, -0.15) is 0 Å². The zero-order valence-electron chi connectivity index (χ0n) is 15.3. The van der Waals surface area contributed by atoms with Crippen molar-refractivity contribution in [3.8, 4) is 0 Å². The van der Waals surface area contributed by atoms with Gasteiger partial charge >= 0.3 is 0 Å². The number of aromatic nitrogens is 1. The van der Waals surface area contributed by atoms with Crippen molar-refractivity contribution in [1.82, 2.24) is 15.6 Å². The molecule has 0 unspecified atom stereocenters. The van der Waals surface area contributed by atoms with Gasteiger partial charge in [-0.3, -0.25) is 4.99 Å². The minimum Gasteiger partial charge on any atom is -0.382 e. The lowest BCUT2D eigenvalue weighted by molar-refractivity contribution is 0.0698. The van der Waals surface area contributed by atoms with Crippen LogP contribution in [0.15, 0.2) is 35.5 Å². The molecule has 25 heavy (non-hydrogen) atoms. The van der Waals surface area contributed by atoms with Gasteiger partial charge in [0.05, 0.1) is 13.2 Å². The second-order valence-electron chi connectivity index (χ2n) is 5.85. The Kier molecular flexibility index (Phi) is 8.86. The zero-order chi connectivity index (χ0) is 17.7. The van der Waals surface area contributed by atoms with E-state index in [4.69, 9.17) is 9.47 Å². The third kappa shape index (κ3) is 6.76. The van der Waals surface area contributed by atoms with E-state index < -0.39 is 0 Å². The van der Waals surface area contributed by atoms with Crippen molar-refractivity contribution >= 4 is 16.9 Å². The Labute approximate surface area is 150 Å². The fraction of sp³-hybridized carbons (Fsp3) is 0.526. The summed E-state index contributed by atoms with van der Waals surface area (Å²) >= 11 is 0. The van der Waals surface area contributed by atoms with Gasteiger partial charge in [-0.1, -0.05) is 18.2 Å². The Bertz CT molecular complexity index is 639. The summed E-state index contributed by atoms with van der Waals surface area (Å²) in [5.41, 5.74) is 2.57. The molecule has 1 aromatic carbocycles. The first-order chi connectivity index (χ1) is 12.3. The van der Waals surface area contributed by atoms with Crippen LogP contribution >= 0.6 is 0 Å². The van der Waals surface area contributed by atoms with Crippen molar-refractivity contribution in [3.63, 3.8) is 0 Å². The van der Waals surface area contributed by atoms with Crippen LogP contribution in [0.1, 0.15) is 18.4 Å². The third-order valence-electron chi connectivity index (χ3n) is 4.00. The second-order valence-corrected chi connectivity index (χ2v) is 5.85. The van der Waals surface area contributed by atoms with Crippen LogP contribution in [-0.4, -0.2) is 58.0 Å². The number of ether oxygens (including phenoxy) is 2. The predicted octanol–water partition coefficient (Wildman–Crippen LogP) is 2.32. The molecule has 0 bridgehead atoms. The number of benzene rings is 1. The van der Waals surface area contributed by atoms with Gasteiger partial charge in [-0.15, -0.1) is 0 Å². The van der Waals surface area contributed by atoms with E-state index in [1.165, 1.54) is 16.5 Å². The van der Waals surface area contributed by atoms with E-state index in [1.807, 2.05) is 0 Å². The number of nitrogens with one attached hydrogen (secondary N) is 3. The highest BCUT2D eigenvalue weighted by Gasteiger charge is 2.03. The first-order valence-corrected chi connectivity index (χ1v) is 8.91. The summed E-state index contributed by atoms with van der Waals surface area (Å²) in [7, 11) is 3.48.